The molecule has 0 spiro atoms. The third-order valence-electron chi connectivity index (χ3n) is 31.6. The number of piperazine rings is 5. The van der Waals surface area contributed by atoms with Crippen molar-refractivity contribution in [2.24, 2.45) is 23.7 Å². The lowest BCUT2D eigenvalue weighted by atomic mass is 9.85. The van der Waals surface area contributed by atoms with Crippen molar-refractivity contribution in [2.45, 2.75) is 205 Å². The summed E-state index contributed by atoms with van der Waals surface area (Å²) in [5, 5.41) is 8.18. The van der Waals surface area contributed by atoms with Crippen LogP contribution in [-0.2, 0) is 0 Å². The Kier molecular flexibility index (Phi) is 36.5. The molecule has 4 saturated carbocycles. The molecule has 4 aliphatic carbocycles. The number of thioether (sulfide) groups is 2. The predicted octanol–water partition coefficient (Wildman–Crippen LogP) is 31.6. The van der Waals surface area contributed by atoms with Crippen LogP contribution in [0.15, 0.2) is 212 Å². The maximum atomic E-state index is 6.68. The average Bonchev–Trinajstić information content (AvgIpc) is 1.63. The highest BCUT2D eigenvalue weighted by Crippen LogP contribution is 2.50. The van der Waals surface area contributed by atoms with Gasteiger partial charge in [0.2, 0.25) is 0 Å². The number of hydrogen-bond donors (Lipinski definition) is 0. The van der Waals surface area contributed by atoms with Crippen molar-refractivity contribution in [3.05, 3.63) is 318 Å². The molecule has 2 bridgehead atoms. The summed E-state index contributed by atoms with van der Waals surface area (Å²) in [6.07, 6.45) is 20.5. The molecular weight excluding hydrogens is 1940 g/mol. The van der Waals surface area contributed by atoms with E-state index in [4.69, 9.17) is 116 Å². The first-order chi connectivity index (χ1) is 66.3. The molecular formula is C115H138Cl10N10S2. The Labute approximate surface area is 877 Å². The standard InChI is InChI=1S/C24H28Cl2N2.2C24H30Cl2N2.C22H26Cl2N2S.C21H24Cl2N2S/c1-16-2-9-22(21(26)12-16)28-11-10-27(23-14-17-3-4-19(23)13-17)15-24(28)18-5-7-20(25)8-6-18;1-17-3-10-21(11-4-17)27-13-14-28(23-12-5-18(2)15-22(23)26)24(16-27)19-6-8-20(25)9-7-19;1-17-4-3-5-21(14-17)27-12-13-28(23-11-6-18(2)15-22(23)26)24(16-27)19-7-9-20(25)10-8-19;1-16-2-7-21(20(24)14-16)26-11-10-25(19-8-12-27-13-9-19)15-22(26)17-3-5-18(23)6-4-17;1-15-2-7-20(19(23)12-15)25-10-9-24(18-8-11-26-14-18)13-21(25)16-3-5-17(22)6-4-16/h2,5-9,12,17,19,23-24H,3-4,10-11,13-15H2,1H3;5-9,12,15,17,21,24H,3-4,10-11,13-14,16H2,1-2H3;6-11,15,17,21,24H,3-5,12-14,16H2,1-2H3;2-7,14,19,22H,8-13,15H2,1H3;2-7,12,18,21H,8-11,13-14H2,1H3. The van der Waals surface area contributed by atoms with Gasteiger partial charge in [0.1, 0.15) is 0 Å². The highest BCUT2D eigenvalue weighted by Gasteiger charge is 2.46. The van der Waals surface area contributed by atoms with Crippen LogP contribution in [0.2, 0.25) is 50.2 Å². The second-order valence-corrected chi connectivity index (χ2v) is 47.6. The summed E-state index contributed by atoms with van der Waals surface area (Å²) < 4.78 is 0. The molecule has 0 amide bonds. The maximum absolute atomic E-state index is 6.68. The van der Waals surface area contributed by atoms with Crippen LogP contribution in [0.5, 0.6) is 0 Å². The number of rotatable bonds is 15. The highest BCUT2D eigenvalue weighted by molar-refractivity contribution is 7.99. The van der Waals surface area contributed by atoms with E-state index in [1.165, 1.54) is 175 Å². The Hall–Kier alpha value is -5.40. The van der Waals surface area contributed by atoms with Crippen molar-refractivity contribution in [1.29, 1.82) is 0 Å². The molecule has 11 aliphatic rings. The molecule has 10 aromatic carbocycles. The monoisotopic (exact) mass is 2070 g/mol. The molecule has 10 aromatic rings. The van der Waals surface area contributed by atoms with E-state index >= 15 is 0 Å². The van der Waals surface area contributed by atoms with Gasteiger partial charge in [-0.05, 0) is 330 Å². The molecule has 0 N–H and O–H groups in total. The summed E-state index contributed by atoms with van der Waals surface area (Å²) in [4.78, 5) is 26.1. The summed E-state index contributed by atoms with van der Waals surface area (Å²) in [6.45, 7) is 31.0. The third kappa shape index (κ3) is 26.3. The first-order valence-electron chi connectivity index (χ1n) is 50.6. The molecule has 11 atom stereocenters. The van der Waals surface area contributed by atoms with Gasteiger partial charge in [0.15, 0.2) is 0 Å². The molecule has 11 fully saturated rings. The molecule has 10 nitrogen and oxygen atoms in total. The lowest BCUT2D eigenvalue weighted by Gasteiger charge is -2.47. The van der Waals surface area contributed by atoms with Crippen molar-refractivity contribution < 1.29 is 0 Å². The summed E-state index contributed by atoms with van der Waals surface area (Å²) in [7, 11) is 0. The fourth-order valence-electron chi connectivity index (χ4n) is 24.0. The minimum atomic E-state index is 0.295. The highest BCUT2D eigenvalue weighted by atomic mass is 35.5. The van der Waals surface area contributed by atoms with Gasteiger partial charge in [-0.25, -0.2) is 0 Å². The zero-order chi connectivity index (χ0) is 95.5. The van der Waals surface area contributed by atoms with Gasteiger partial charge in [-0.15, -0.1) is 0 Å². The lowest BCUT2D eigenvalue weighted by molar-refractivity contribution is 0.111. The first-order valence-corrected chi connectivity index (χ1v) is 56.7. The molecule has 11 unspecified atom stereocenters. The van der Waals surface area contributed by atoms with Gasteiger partial charge >= 0.3 is 0 Å². The smallest absolute Gasteiger partial charge is 0.0670 e. The van der Waals surface area contributed by atoms with Crippen molar-refractivity contribution in [3.63, 3.8) is 0 Å². The molecule has 137 heavy (non-hydrogen) atoms. The Morgan fingerprint density at radius 2 is 0.540 bits per heavy atom. The zero-order valence-corrected chi connectivity index (χ0v) is 90.1. The molecule has 730 valence electrons. The van der Waals surface area contributed by atoms with Gasteiger partial charge < -0.3 is 24.5 Å². The number of benzene rings is 10. The molecule has 22 heteroatoms. The van der Waals surface area contributed by atoms with Crippen LogP contribution in [0.25, 0.3) is 0 Å². The number of halogens is 10. The molecule has 7 saturated heterocycles. The summed E-state index contributed by atoms with van der Waals surface area (Å²) in [6, 6.07) is 79.0. The Balaban J connectivity index is 0.000000119. The van der Waals surface area contributed by atoms with E-state index in [1.54, 1.807) is 0 Å². The van der Waals surface area contributed by atoms with E-state index in [0.717, 1.165) is 219 Å². The van der Waals surface area contributed by atoms with Crippen LogP contribution >= 0.6 is 140 Å². The number of hydrogen-bond acceptors (Lipinski definition) is 12. The topological polar surface area (TPSA) is 32.4 Å². The molecule has 0 radical (unpaired) electrons. The fourth-order valence-corrected chi connectivity index (χ4v) is 28.7. The Morgan fingerprint density at radius 1 is 0.248 bits per heavy atom. The molecule has 7 heterocycles. The van der Waals surface area contributed by atoms with E-state index < -0.39 is 0 Å². The van der Waals surface area contributed by atoms with Crippen LogP contribution in [0.3, 0.4) is 0 Å². The minimum Gasteiger partial charge on any atom is -0.361 e. The Bertz CT molecular complexity index is 5570. The average molecular weight is 2080 g/mol. The SMILES string of the molecule is Cc1ccc(N2CCN(C3CC4CCC3C4)CC2c2ccc(Cl)cc2)c(Cl)c1.Cc1ccc(N2CCN(C3CCC(C)CC3)CC2c2ccc(Cl)cc2)c(Cl)c1.Cc1ccc(N2CCN(C3CCCC(C)C3)CC2c2ccc(Cl)cc2)c(Cl)c1.Cc1ccc(N2CCN(C3CCSC3)CC2c2ccc(Cl)cc2)c(Cl)c1.Cc1ccc(N2CCN(C3CCSCC3)CC2c2ccc(Cl)cc2)c(Cl)c1. The van der Waals surface area contributed by atoms with Crippen molar-refractivity contribution >= 4 is 168 Å². The summed E-state index contributed by atoms with van der Waals surface area (Å²) in [5.41, 5.74) is 18.3. The van der Waals surface area contributed by atoms with Gasteiger partial charge in [0.25, 0.3) is 0 Å². The van der Waals surface area contributed by atoms with E-state index in [-0.39, 0.29) is 0 Å². The normalized spacial score (nSPS) is 25.9. The fraction of sp³-hybridized carbons (Fsp3) is 0.478. The molecule has 0 aromatic heterocycles. The zero-order valence-electron chi connectivity index (χ0n) is 80.9. The van der Waals surface area contributed by atoms with Gasteiger partial charge in [0.05, 0.1) is 83.8 Å². The second-order valence-electron chi connectivity index (χ2n) is 41.0. The third-order valence-corrected chi connectivity index (χ3v) is 36.6. The predicted molar refractivity (Wildman–Crippen MR) is 595 cm³/mol. The molecule has 7 aliphatic heterocycles. The minimum absolute atomic E-state index is 0.295. The summed E-state index contributed by atoms with van der Waals surface area (Å²) in [5.74, 6) is 8.77. The Morgan fingerprint density at radius 3 is 0.832 bits per heavy atom. The van der Waals surface area contributed by atoms with Gasteiger partial charge in [-0.2, -0.15) is 23.5 Å². The van der Waals surface area contributed by atoms with E-state index in [2.05, 4.69) is 273 Å². The number of fused-ring (bicyclic) bond motifs is 2. The van der Waals surface area contributed by atoms with Gasteiger partial charge in [0, 0.05) is 159 Å². The maximum Gasteiger partial charge on any atom is 0.0670 e. The van der Waals surface area contributed by atoms with Crippen molar-refractivity contribution in [2.75, 3.05) is 146 Å². The quantitative estimate of drug-likeness (QED) is 0.0980. The lowest BCUT2D eigenvalue weighted by Crippen LogP contribution is -2.53. The number of nitrogens with zero attached hydrogens (tertiary/aromatic N) is 10. The summed E-state index contributed by atoms with van der Waals surface area (Å²) >= 11 is 68.3. The van der Waals surface area contributed by atoms with E-state index in [1.807, 2.05) is 60.7 Å². The first kappa shape index (κ1) is 103. The van der Waals surface area contributed by atoms with Crippen LogP contribution < -0.4 is 24.5 Å². The van der Waals surface area contributed by atoms with Gasteiger partial charge in [-0.1, -0.05) is 240 Å². The van der Waals surface area contributed by atoms with E-state index in [9.17, 15) is 0 Å². The van der Waals surface area contributed by atoms with Crippen LogP contribution in [0.1, 0.15) is 196 Å². The van der Waals surface area contributed by atoms with Crippen LogP contribution in [-0.4, -0.2) is 176 Å². The van der Waals surface area contributed by atoms with Crippen molar-refractivity contribution in [1.82, 2.24) is 24.5 Å². The number of anilines is 5. The van der Waals surface area contributed by atoms with Gasteiger partial charge in [-0.3, -0.25) is 24.5 Å². The van der Waals surface area contributed by atoms with Crippen LogP contribution in [0, 0.1) is 58.3 Å². The van der Waals surface area contributed by atoms with E-state index in [0.29, 0.717) is 42.3 Å². The second kappa shape index (κ2) is 48.5. The number of aryl methyl sites for hydroxylation is 5. The molecule has 21 rings (SSSR count). The van der Waals surface area contributed by atoms with Crippen LogP contribution in [0.4, 0.5) is 28.4 Å². The van der Waals surface area contributed by atoms with Crippen molar-refractivity contribution in [3.8, 4) is 0 Å². The largest absolute Gasteiger partial charge is 0.361 e.